The summed E-state index contributed by atoms with van der Waals surface area (Å²) in [6.45, 7) is 5.50. The number of nitrogens with two attached hydrogens (primary N) is 1. The lowest BCUT2D eigenvalue weighted by Crippen LogP contribution is -2.01. The molecule has 0 radical (unpaired) electrons. The topological polar surface area (TPSA) is 46.2 Å². The van der Waals surface area contributed by atoms with Gasteiger partial charge < -0.3 is 10.8 Å². The van der Waals surface area contributed by atoms with Gasteiger partial charge in [0.2, 0.25) is 0 Å². The van der Waals surface area contributed by atoms with Crippen molar-refractivity contribution in [3.63, 3.8) is 0 Å². The summed E-state index contributed by atoms with van der Waals surface area (Å²) in [6, 6.07) is 0. The van der Waals surface area contributed by atoms with Gasteiger partial charge in [-0.15, -0.1) is 0 Å². The highest BCUT2D eigenvalue weighted by atomic mass is 16.3. The maximum absolute atomic E-state index is 8.93. The highest BCUT2D eigenvalue weighted by Gasteiger charge is 1.95. The summed E-state index contributed by atoms with van der Waals surface area (Å²) in [5, 5.41) is 8.93. The Morgan fingerprint density at radius 2 is 2.00 bits per heavy atom. The van der Waals surface area contributed by atoms with E-state index < -0.39 is 0 Å². The summed E-state index contributed by atoms with van der Waals surface area (Å²) in [5.74, 6) is 0.196. The molecule has 3 N–H and O–H groups in total. The number of hydrogen-bond acceptors (Lipinski definition) is 2. The summed E-state index contributed by atoms with van der Waals surface area (Å²) < 4.78 is 0. The fourth-order valence-corrected chi connectivity index (χ4v) is 0.701. The van der Waals surface area contributed by atoms with Gasteiger partial charge in [-0.3, -0.25) is 0 Å². The first-order chi connectivity index (χ1) is 4.59. The van der Waals surface area contributed by atoms with Gasteiger partial charge in [0.1, 0.15) is 5.76 Å². The van der Waals surface area contributed by atoms with E-state index in [1.165, 1.54) is 0 Å². The molecule has 0 spiro atoms. The Balaban J connectivity index is 4.36. The Hall–Kier alpha value is -0.920. The predicted octanol–water partition coefficient (Wildman–Crippen LogP) is 2.09. The molecule has 0 bridgehead atoms. The number of rotatable bonds is 2. The van der Waals surface area contributed by atoms with Crippen LogP contribution in [0.4, 0.5) is 0 Å². The van der Waals surface area contributed by atoms with E-state index in [1.807, 2.05) is 19.9 Å². The second kappa shape index (κ2) is 3.99. The second-order valence-electron chi connectivity index (χ2n) is 2.29. The van der Waals surface area contributed by atoms with Crippen molar-refractivity contribution in [3.8, 4) is 0 Å². The zero-order chi connectivity index (χ0) is 8.15. The van der Waals surface area contributed by atoms with Crippen LogP contribution in [0.2, 0.25) is 0 Å². The standard InChI is InChI=1S/C8H15NO/c1-4-5-6(2)8(9)7(3)10/h5,10H,4,9H2,1-3H3/b6-5-,8-7-. The lowest BCUT2D eigenvalue weighted by atomic mass is 10.2. The Morgan fingerprint density at radius 3 is 2.30 bits per heavy atom. The van der Waals surface area contributed by atoms with Crippen LogP contribution >= 0.6 is 0 Å². The summed E-state index contributed by atoms with van der Waals surface area (Å²) >= 11 is 0. The first-order valence-corrected chi connectivity index (χ1v) is 3.42. The maximum Gasteiger partial charge on any atom is 0.112 e. The third kappa shape index (κ3) is 2.58. The molecule has 0 rings (SSSR count). The van der Waals surface area contributed by atoms with E-state index in [4.69, 9.17) is 10.8 Å². The molecule has 0 amide bonds. The minimum Gasteiger partial charge on any atom is -0.510 e. The van der Waals surface area contributed by atoms with Gasteiger partial charge in [0.25, 0.3) is 0 Å². The van der Waals surface area contributed by atoms with Gasteiger partial charge >= 0.3 is 0 Å². The minimum atomic E-state index is 0.196. The normalized spacial score (nSPS) is 14.9. The van der Waals surface area contributed by atoms with Crippen molar-refractivity contribution in [2.75, 3.05) is 0 Å². The second-order valence-corrected chi connectivity index (χ2v) is 2.29. The van der Waals surface area contributed by atoms with Crippen molar-refractivity contribution in [1.29, 1.82) is 0 Å². The molecule has 0 saturated carbocycles. The molecule has 0 aromatic heterocycles. The molecule has 0 aliphatic heterocycles. The number of hydrogen-bond donors (Lipinski definition) is 2. The summed E-state index contributed by atoms with van der Waals surface area (Å²) in [6.07, 6.45) is 2.93. The van der Waals surface area contributed by atoms with Crippen molar-refractivity contribution in [3.05, 3.63) is 23.1 Å². The highest BCUT2D eigenvalue weighted by molar-refractivity contribution is 5.27. The van der Waals surface area contributed by atoms with Crippen molar-refractivity contribution < 1.29 is 5.11 Å². The Kier molecular flexibility index (Phi) is 3.62. The van der Waals surface area contributed by atoms with Crippen LogP contribution in [0.1, 0.15) is 27.2 Å². The highest BCUT2D eigenvalue weighted by Crippen LogP contribution is 2.06. The van der Waals surface area contributed by atoms with Crippen LogP contribution < -0.4 is 5.73 Å². The van der Waals surface area contributed by atoms with Gasteiger partial charge in [0.05, 0.1) is 5.70 Å². The zero-order valence-electron chi connectivity index (χ0n) is 6.81. The molecule has 0 heterocycles. The fourth-order valence-electron chi connectivity index (χ4n) is 0.701. The quantitative estimate of drug-likeness (QED) is 0.457. The Labute approximate surface area is 62.0 Å². The van der Waals surface area contributed by atoms with E-state index in [0.717, 1.165) is 12.0 Å². The van der Waals surface area contributed by atoms with Crippen molar-refractivity contribution in [2.45, 2.75) is 27.2 Å². The molecule has 2 heteroatoms. The summed E-state index contributed by atoms with van der Waals surface area (Å²) in [7, 11) is 0. The van der Waals surface area contributed by atoms with Crippen LogP contribution in [0.3, 0.4) is 0 Å². The van der Waals surface area contributed by atoms with Crippen molar-refractivity contribution in [1.82, 2.24) is 0 Å². The van der Waals surface area contributed by atoms with Gasteiger partial charge in [0.15, 0.2) is 0 Å². The predicted molar refractivity (Wildman–Crippen MR) is 43.6 cm³/mol. The van der Waals surface area contributed by atoms with Gasteiger partial charge in [0, 0.05) is 0 Å². The molecule has 10 heavy (non-hydrogen) atoms. The number of aliphatic hydroxyl groups excluding tert-OH is 1. The van der Waals surface area contributed by atoms with Gasteiger partial charge in [-0.1, -0.05) is 13.0 Å². The monoisotopic (exact) mass is 141 g/mol. The lowest BCUT2D eigenvalue weighted by molar-refractivity contribution is 0.407. The SMILES string of the molecule is CC/C=C(C)\C(N)=C(/C)O. The zero-order valence-corrected chi connectivity index (χ0v) is 6.81. The molecule has 0 atom stereocenters. The van der Waals surface area contributed by atoms with Crippen LogP contribution in [-0.2, 0) is 0 Å². The molecule has 0 aliphatic carbocycles. The minimum absolute atomic E-state index is 0.196. The van der Waals surface area contributed by atoms with Gasteiger partial charge in [-0.2, -0.15) is 0 Å². The molecule has 0 unspecified atom stereocenters. The molecule has 0 saturated heterocycles. The fraction of sp³-hybridized carbons (Fsp3) is 0.500. The Morgan fingerprint density at radius 1 is 1.50 bits per heavy atom. The van der Waals surface area contributed by atoms with Gasteiger partial charge in [-0.05, 0) is 25.8 Å². The largest absolute Gasteiger partial charge is 0.510 e. The van der Waals surface area contributed by atoms with E-state index in [0.29, 0.717) is 5.70 Å². The average Bonchev–Trinajstić information content (AvgIpc) is 1.87. The summed E-state index contributed by atoms with van der Waals surface area (Å²) in [4.78, 5) is 0. The molecular weight excluding hydrogens is 126 g/mol. The van der Waals surface area contributed by atoms with Crippen LogP contribution in [0.25, 0.3) is 0 Å². The van der Waals surface area contributed by atoms with Crippen LogP contribution in [0, 0.1) is 0 Å². The molecule has 58 valence electrons. The molecule has 0 fully saturated rings. The first kappa shape index (κ1) is 9.08. The van der Waals surface area contributed by atoms with Crippen molar-refractivity contribution >= 4 is 0 Å². The average molecular weight is 141 g/mol. The van der Waals surface area contributed by atoms with Crippen LogP contribution in [0.15, 0.2) is 23.1 Å². The molecule has 0 aromatic carbocycles. The van der Waals surface area contributed by atoms with Gasteiger partial charge in [-0.25, -0.2) is 0 Å². The van der Waals surface area contributed by atoms with Crippen LogP contribution in [-0.4, -0.2) is 5.11 Å². The number of aliphatic hydroxyl groups is 1. The third-order valence-corrected chi connectivity index (χ3v) is 1.32. The summed E-state index contributed by atoms with van der Waals surface area (Å²) in [5.41, 5.74) is 6.94. The number of allylic oxidation sites excluding steroid dienone is 3. The van der Waals surface area contributed by atoms with E-state index in [1.54, 1.807) is 6.92 Å². The first-order valence-electron chi connectivity index (χ1n) is 3.42. The third-order valence-electron chi connectivity index (χ3n) is 1.32. The smallest absolute Gasteiger partial charge is 0.112 e. The molecule has 0 aromatic rings. The van der Waals surface area contributed by atoms with E-state index in [-0.39, 0.29) is 5.76 Å². The van der Waals surface area contributed by atoms with Crippen molar-refractivity contribution in [2.24, 2.45) is 5.73 Å². The molecule has 0 aliphatic rings. The van der Waals surface area contributed by atoms with E-state index >= 15 is 0 Å². The molecular formula is C8H15NO. The Bertz CT molecular complexity index is 164. The molecule has 2 nitrogen and oxygen atoms in total. The maximum atomic E-state index is 8.93. The van der Waals surface area contributed by atoms with E-state index in [2.05, 4.69) is 0 Å². The lowest BCUT2D eigenvalue weighted by Gasteiger charge is -2.01. The van der Waals surface area contributed by atoms with Crippen LogP contribution in [0.5, 0.6) is 0 Å². The van der Waals surface area contributed by atoms with E-state index in [9.17, 15) is 0 Å².